The number of piperazine rings is 1. The third-order valence-electron chi connectivity index (χ3n) is 6.24. The monoisotopic (exact) mass is 502 g/mol. The van der Waals surface area contributed by atoms with Crippen LogP contribution in [0.3, 0.4) is 0 Å². The van der Waals surface area contributed by atoms with Crippen LogP contribution in [0.1, 0.15) is 0 Å². The molecular formula is C26H27FN8O2. The molecule has 5 rings (SSSR count). The Labute approximate surface area is 212 Å². The fraction of sp³-hybridized carbons (Fsp3) is 0.231. The van der Waals surface area contributed by atoms with Gasteiger partial charge in [0.2, 0.25) is 11.9 Å². The van der Waals surface area contributed by atoms with Gasteiger partial charge in [-0.05, 0) is 36.4 Å². The highest BCUT2D eigenvalue weighted by Crippen LogP contribution is 2.29. The van der Waals surface area contributed by atoms with E-state index in [1.54, 1.807) is 30.5 Å². The molecule has 1 aliphatic rings. The number of β-amino-alcohol motifs (C(OH)–C–C–N with tert-alkyl or cyclic N) is 1. The first-order chi connectivity index (χ1) is 18.0. The molecule has 1 amide bonds. The predicted molar refractivity (Wildman–Crippen MR) is 141 cm³/mol. The molecule has 4 aromatic rings. The van der Waals surface area contributed by atoms with Crippen LogP contribution in [0.5, 0.6) is 0 Å². The Balaban J connectivity index is 1.34. The summed E-state index contributed by atoms with van der Waals surface area (Å²) in [5, 5.41) is 22.1. The van der Waals surface area contributed by atoms with Crippen LogP contribution in [-0.4, -0.2) is 75.4 Å². The van der Waals surface area contributed by atoms with Crippen molar-refractivity contribution in [1.29, 1.82) is 0 Å². The molecular weight excluding hydrogens is 475 g/mol. The average molecular weight is 503 g/mol. The lowest BCUT2D eigenvalue weighted by molar-refractivity contribution is -0.111. The molecule has 1 fully saturated rings. The molecule has 1 saturated heterocycles. The number of aliphatic hydroxyl groups excluding tert-OH is 1. The number of hydrogen-bond acceptors (Lipinski definition) is 8. The highest BCUT2D eigenvalue weighted by Gasteiger charge is 2.18. The van der Waals surface area contributed by atoms with E-state index >= 15 is 4.39 Å². The fourth-order valence-corrected chi connectivity index (χ4v) is 4.31. The van der Waals surface area contributed by atoms with Gasteiger partial charge in [0.1, 0.15) is 22.5 Å². The lowest BCUT2D eigenvalue weighted by Gasteiger charge is -2.35. The van der Waals surface area contributed by atoms with Crippen molar-refractivity contribution in [2.75, 3.05) is 54.9 Å². The number of nitrogens with zero attached hydrogens (tertiary/aromatic N) is 5. The molecule has 10 nitrogen and oxygen atoms in total. The number of aromatic nitrogens is 4. The summed E-state index contributed by atoms with van der Waals surface area (Å²) in [6, 6.07) is 12.3. The minimum Gasteiger partial charge on any atom is -0.395 e. The van der Waals surface area contributed by atoms with Gasteiger partial charge in [0.15, 0.2) is 0 Å². The Hall–Kier alpha value is -4.35. The number of benzene rings is 2. The summed E-state index contributed by atoms with van der Waals surface area (Å²) in [6.07, 6.45) is 2.79. The van der Waals surface area contributed by atoms with Crippen LogP contribution in [0, 0.1) is 5.82 Å². The normalized spacial score (nSPS) is 14.1. The summed E-state index contributed by atoms with van der Waals surface area (Å²) >= 11 is 0. The van der Waals surface area contributed by atoms with E-state index in [2.05, 4.69) is 47.2 Å². The Kier molecular flexibility index (Phi) is 7.06. The smallest absolute Gasteiger partial charge is 0.247 e. The predicted octanol–water partition coefficient (Wildman–Crippen LogP) is 3.14. The average Bonchev–Trinajstić information content (AvgIpc) is 3.34. The number of halogens is 1. The zero-order valence-electron chi connectivity index (χ0n) is 20.1. The van der Waals surface area contributed by atoms with E-state index in [0.29, 0.717) is 29.0 Å². The highest BCUT2D eigenvalue weighted by atomic mass is 19.1. The van der Waals surface area contributed by atoms with Gasteiger partial charge in [0, 0.05) is 49.7 Å². The van der Waals surface area contributed by atoms with Gasteiger partial charge < -0.3 is 20.6 Å². The molecule has 0 saturated carbocycles. The molecule has 0 spiro atoms. The molecule has 37 heavy (non-hydrogen) atoms. The Morgan fingerprint density at radius 2 is 2.03 bits per heavy atom. The molecule has 3 heterocycles. The summed E-state index contributed by atoms with van der Waals surface area (Å²) in [5.41, 5.74) is 4.17. The van der Waals surface area contributed by atoms with Crippen LogP contribution in [0.25, 0.3) is 22.3 Å². The molecule has 11 heteroatoms. The number of rotatable bonds is 8. The number of fused-ring (bicyclic) bond motifs is 1. The largest absolute Gasteiger partial charge is 0.395 e. The molecule has 0 aliphatic carbocycles. The van der Waals surface area contributed by atoms with Crippen molar-refractivity contribution in [1.82, 2.24) is 25.1 Å². The first-order valence-electron chi connectivity index (χ1n) is 11.9. The van der Waals surface area contributed by atoms with Crippen molar-refractivity contribution >= 4 is 40.0 Å². The second-order valence-corrected chi connectivity index (χ2v) is 8.64. The molecule has 190 valence electrons. The van der Waals surface area contributed by atoms with Gasteiger partial charge in [-0.1, -0.05) is 18.7 Å². The minimum atomic E-state index is -0.405. The van der Waals surface area contributed by atoms with Crippen molar-refractivity contribution < 1.29 is 14.3 Å². The van der Waals surface area contributed by atoms with Crippen molar-refractivity contribution in [2.45, 2.75) is 0 Å². The van der Waals surface area contributed by atoms with Crippen molar-refractivity contribution in [3.8, 4) is 11.3 Å². The maximum atomic E-state index is 15.0. The van der Waals surface area contributed by atoms with Crippen molar-refractivity contribution in [3.05, 3.63) is 67.1 Å². The van der Waals surface area contributed by atoms with Gasteiger partial charge in [-0.15, -0.1) is 0 Å². The molecule has 2 aromatic carbocycles. The first kappa shape index (κ1) is 24.3. The summed E-state index contributed by atoms with van der Waals surface area (Å²) in [5.74, 6) is -0.484. The van der Waals surface area contributed by atoms with Crippen LogP contribution in [0.15, 0.2) is 61.3 Å². The topological polar surface area (TPSA) is 122 Å². The van der Waals surface area contributed by atoms with E-state index < -0.39 is 5.82 Å². The number of carbonyl (C=O) groups is 1. The van der Waals surface area contributed by atoms with E-state index in [4.69, 9.17) is 5.11 Å². The van der Waals surface area contributed by atoms with Crippen LogP contribution in [-0.2, 0) is 4.79 Å². The van der Waals surface area contributed by atoms with E-state index in [1.807, 2.05) is 12.1 Å². The van der Waals surface area contributed by atoms with Gasteiger partial charge in [-0.3, -0.25) is 14.8 Å². The summed E-state index contributed by atoms with van der Waals surface area (Å²) in [4.78, 5) is 24.8. The third kappa shape index (κ3) is 5.42. The quantitative estimate of drug-likeness (QED) is 0.271. The fourth-order valence-electron chi connectivity index (χ4n) is 4.31. The minimum absolute atomic E-state index is 0.142. The molecule has 0 unspecified atom stereocenters. The zero-order valence-corrected chi connectivity index (χ0v) is 20.1. The van der Waals surface area contributed by atoms with Crippen LogP contribution >= 0.6 is 0 Å². The summed E-state index contributed by atoms with van der Waals surface area (Å²) in [7, 11) is 0. The Morgan fingerprint density at radius 3 is 2.78 bits per heavy atom. The summed E-state index contributed by atoms with van der Waals surface area (Å²) < 4.78 is 15.0. The zero-order chi connectivity index (χ0) is 25.8. The molecule has 0 bridgehead atoms. The highest BCUT2D eigenvalue weighted by molar-refractivity contribution is 5.99. The molecule has 2 aromatic heterocycles. The number of carbonyl (C=O) groups excluding carboxylic acids is 1. The van der Waals surface area contributed by atoms with Gasteiger partial charge in [0.05, 0.1) is 18.5 Å². The number of nitrogens with one attached hydrogen (secondary N) is 3. The van der Waals surface area contributed by atoms with Gasteiger partial charge in [-0.25, -0.2) is 14.4 Å². The van der Waals surface area contributed by atoms with E-state index in [0.717, 1.165) is 37.4 Å². The van der Waals surface area contributed by atoms with Crippen LogP contribution < -0.4 is 15.5 Å². The Bertz CT molecular complexity index is 1430. The maximum absolute atomic E-state index is 15.0. The summed E-state index contributed by atoms with van der Waals surface area (Å²) in [6.45, 7) is 7.46. The van der Waals surface area contributed by atoms with Crippen LogP contribution in [0.4, 0.5) is 27.4 Å². The molecule has 0 atom stereocenters. The number of aromatic amines is 1. The molecule has 1 aliphatic heterocycles. The first-order valence-corrected chi connectivity index (χ1v) is 11.9. The maximum Gasteiger partial charge on any atom is 0.247 e. The molecule has 4 N–H and O–H groups in total. The van der Waals surface area contributed by atoms with Gasteiger partial charge in [-0.2, -0.15) is 5.10 Å². The SMILES string of the molecule is C=CC(=O)Nc1cccc(-c2n[nH]c3cnc(Nc4ccc(N5CCN(CCO)CC5)cc4F)nc23)c1. The number of amides is 1. The number of H-pyrrole nitrogens is 1. The second-order valence-electron chi connectivity index (χ2n) is 8.64. The van der Waals surface area contributed by atoms with E-state index in [1.165, 1.54) is 12.1 Å². The number of anilines is 4. The Morgan fingerprint density at radius 1 is 1.19 bits per heavy atom. The van der Waals surface area contributed by atoms with Gasteiger partial charge in [0.25, 0.3) is 0 Å². The molecule has 0 radical (unpaired) electrons. The number of hydrogen-bond donors (Lipinski definition) is 4. The standard InChI is InChI=1S/C26H27FN8O2/c1-2-23(37)29-18-5-3-4-17(14-18)24-25-22(32-33-24)16-28-26(31-25)30-21-7-6-19(15-20(21)27)35-10-8-34(9-11-35)12-13-36/h2-7,14-16,36H,1,8-13H2,(H,29,37)(H,32,33)(H,28,30,31). The van der Waals surface area contributed by atoms with E-state index in [9.17, 15) is 4.79 Å². The van der Waals surface area contributed by atoms with Crippen LogP contribution in [0.2, 0.25) is 0 Å². The third-order valence-corrected chi connectivity index (χ3v) is 6.24. The lowest BCUT2D eigenvalue weighted by Crippen LogP contribution is -2.47. The second kappa shape index (κ2) is 10.7. The van der Waals surface area contributed by atoms with E-state index in [-0.39, 0.29) is 24.1 Å². The van der Waals surface area contributed by atoms with Gasteiger partial charge >= 0.3 is 0 Å². The van der Waals surface area contributed by atoms with Crippen molar-refractivity contribution in [3.63, 3.8) is 0 Å². The van der Waals surface area contributed by atoms with Crippen molar-refractivity contribution in [2.24, 2.45) is 0 Å². The lowest BCUT2D eigenvalue weighted by atomic mass is 10.1. The number of aliphatic hydroxyl groups is 1.